The van der Waals surface area contributed by atoms with Gasteiger partial charge < -0.3 is 4.90 Å². The third-order valence-corrected chi connectivity index (χ3v) is 6.54. The van der Waals surface area contributed by atoms with Crippen molar-refractivity contribution in [1.82, 2.24) is 4.72 Å². The molecule has 0 aromatic heterocycles. The van der Waals surface area contributed by atoms with Crippen LogP contribution in [0.25, 0.3) is 0 Å². The molecule has 0 fully saturated rings. The van der Waals surface area contributed by atoms with Crippen molar-refractivity contribution in [1.29, 1.82) is 0 Å². The lowest BCUT2D eigenvalue weighted by Crippen LogP contribution is -2.28. The van der Waals surface area contributed by atoms with E-state index in [1.54, 1.807) is 17.0 Å². The van der Waals surface area contributed by atoms with Gasteiger partial charge in [-0.1, -0.05) is 60.2 Å². The fourth-order valence-corrected chi connectivity index (χ4v) is 4.87. The van der Waals surface area contributed by atoms with Gasteiger partial charge >= 0.3 is 0 Å². The maximum absolute atomic E-state index is 12.9. The summed E-state index contributed by atoms with van der Waals surface area (Å²) >= 11 is 0. The van der Waals surface area contributed by atoms with Crippen molar-refractivity contribution in [3.8, 4) is 0 Å². The van der Waals surface area contributed by atoms with E-state index in [9.17, 15) is 13.2 Å². The molecule has 4 rings (SSSR count). The van der Waals surface area contributed by atoms with Gasteiger partial charge in [0.05, 0.1) is 5.75 Å². The first-order chi connectivity index (χ1) is 14.4. The molecule has 1 aliphatic rings. The molecule has 1 amide bonds. The number of aryl methyl sites for hydroxylation is 1. The first kappa shape index (κ1) is 20.3. The van der Waals surface area contributed by atoms with E-state index in [-0.39, 0.29) is 18.2 Å². The van der Waals surface area contributed by atoms with Crippen LogP contribution < -0.4 is 9.62 Å². The normalized spacial score (nSPS) is 13.3. The summed E-state index contributed by atoms with van der Waals surface area (Å²) in [5.41, 5.74) is 5.34. The van der Waals surface area contributed by atoms with Gasteiger partial charge in [-0.2, -0.15) is 0 Å². The molecule has 0 aliphatic carbocycles. The fourth-order valence-electron chi connectivity index (χ4n) is 3.75. The highest BCUT2D eigenvalue weighted by molar-refractivity contribution is 7.88. The van der Waals surface area contributed by atoms with Crippen molar-refractivity contribution < 1.29 is 13.2 Å². The summed E-state index contributed by atoms with van der Waals surface area (Å²) in [6, 6.07) is 22.5. The topological polar surface area (TPSA) is 66.5 Å². The van der Waals surface area contributed by atoms with E-state index in [2.05, 4.69) is 4.72 Å². The Morgan fingerprint density at radius 2 is 1.77 bits per heavy atom. The van der Waals surface area contributed by atoms with Crippen LogP contribution in [0, 0.1) is 6.92 Å². The second-order valence-electron chi connectivity index (χ2n) is 7.61. The summed E-state index contributed by atoms with van der Waals surface area (Å²) in [4.78, 5) is 14.7. The van der Waals surface area contributed by atoms with Gasteiger partial charge in [0, 0.05) is 24.3 Å². The molecule has 0 atom stereocenters. The molecule has 30 heavy (non-hydrogen) atoms. The van der Waals surface area contributed by atoms with Crippen LogP contribution >= 0.6 is 0 Å². The standard InChI is InChI=1S/C24H24N2O3S/c1-18-6-5-9-22(14-18)24(27)26-13-12-21-15-20(10-11-23(21)26)16-25-30(28,29)17-19-7-3-2-4-8-19/h2-11,14-15,25H,12-13,16-17H2,1H3. The molecular weight excluding hydrogens is 396 g/mol. The molecule has 0 radical (unpaired) electrons. The number of benzene rings is 3. The number of hydrogen-bond donors (Lipinski definition) is 1. The smallest absolute Gasteiger partial charge is 0.258 e. The molecular formula is C24H24N2O3S. The summed E-state index contributed by atoms with van der Waals surface area (Å²) in [7, 11) is -3.43. The quantitative estimate of drug-likeness (QED) is 0.659. The largest absolute Gasteiger partial charge is 0.308 e. The third-order valence-electron chi connectivity index (χ3n) is 5.25. The van der Waals surface area contributed by atoms with E-state index in [1.165, 1.54) is 0 Å². The maximum atomic E-state index is 12.9. The number of amides is 1. The number of rotatable bonds is 6. The predicted octanol–water partition coefficient (Wildman–Crippen LogP) is 3.82. The zero-order chi connectivity index (χ0) is 21.1. The van der Waals surface area contributed by atoms with Crippen LogP contribution in [0.3, 0.4) is 0 Å². The maximum Gasteiger partial charge on any atom is 0.258 e. The van der Waals surface area contributed by atoms with Gasteiger partial charge in [0.1, 0.15) is 0 Å². The molecule has 3 aromatic carbocycles. The lowest BCUT2D eigenvalue weighted by atomic mass is 10.1. The Bertz CT molecular complexity index is 1170. The van der Waals surface area contributed by atoms with Crippen LogP contribution in [0.5, 0.6) is 0 Å². The molecule has 0 saturated carbocycles. The Balaban J connectivity index is 1.44. The molecule has 6 heteroatoms. The number of fused-ring (bicyclic) bond motifs is 1. The Morgan fingerprint density at radius 3 is 2.53 bits per heavy atom. The van der Waals surface area contributed by atoms with Gasteiger partial charge in [-0.05, 0) is 48.2 Å². The number of hydrogen-bond acceptors (Lipinski definition) is 3. The number of carbonyl (C=O) groups is 1. The summed E-state index contributed by atoms with van der Waals surface area (Å²) in [5.74, 6) is -0.0499. The summed E-state index contributed by atoms with van der Waals surface area (Å²) < 4.78 is 27.4. The molecule has 1 N–H and O–H groups in total. The number of carbonyl (C=O) groups excluding carboxylic acids is 1. The molecule has 0 saturated heterocycles. The SMILES string of the molecule is Cc1cccc(C(=O)N2CCc3cc(CNS(=O)(=O)Cc4ccccc4)ccc32)c1. The highest BCUT2D eigenvalue weighted by Crippen LogP contribution is 2.30. The van der Waals surface area contributed by atoms with Crippen LogP contribution in [-0.2, 0) is 28.7 Å². The van der Waals surface area contributed by atoms with Gasteiger partial charge in [-0.3, -0.25) is 4.79 Å². The first-order valence-corrected chi connectivity index (χ1v) is 11.6. The molecule has 0 bridgehead atoms. The number of anilines is 1. The average molecular weight is 421 g/mol. The monoisotopic (exact) mass is 420 g/mol. The fraction of sp³-hybridized carbons (Fsp3) is 0.208. The van der Waals surface area contributed by atoms with Gasteiger partial charge in [-0.15, -0.1) is 0 Å². The van der Waals surface area contributed by atoms with Crippen LogP contribution in [0.15, 0.2) is 72.8 Å². The third kappa shape index (κ3) is 4.61. The second-order valence-corrected chi connectivity index (χ2v) is 9.41. The zero-order valence-electron chi connectivity index (χ0n) is 16.8. The van der Waals surface area contributed by atoms with Crippen molar-refractivity contribution in [2.75, 3.05) is 11.4 Å². The van der Waals surface area contributed by atoms with E-state index in [1.807, 2.05) is 67.6 Å². The molecule has 1 aliphatic heterocycles. The summed E-state index contributed by atoms with van der Waals surface area (Å²) in [5, 5.41) is 0. The second kappa shape index (κ2) is 8.42. The van der Waals surface area contributed by atoms with Gasteiger partial charge in [-0.25, -0.2) is 13.1 Å². The van der Waals surface area contributed by atoms with E-state index in [0.29, 0.717) is 12.1 Å². The van der Waals surface area contributed by atoms with Crippen molar-refractivity contribution in [2.24, 2.45) is 0 Å². The van der Waals surface area contributed by atoms with Crippen LogP contribution in [0.4, 0.5) is 5.69 Å². The van der Waals surface area contributed by atoms with Crippen molar-refractivity contribution in [3.05, 3.63) is 101 Å². The Morgan fingerprint density at radius 1 is 0.967 bits per heavy atom. The van der Waals surface area contributed by atoms with E-state index in [0.717, 1.165) is 34.4 Å². The van der Waals surface area contributed by atoms with Crippen LogP contribution in [-0.4, -0.2) is 20.9 Å². The van der Waals surface area contributed by atoms with Crippen LogP contribution in [0.1, 0.15) is 32.6 Å². The van der Waals surface area contributed by atoms with Gasteiger partial charge in [0.25, 0.3) is 5.91 Å². The molecule has 0 unspecified atom stereocenters. The molecule has 154 valence electrons. The minimum Gasteiger partial charge on any atom is -0.308 e. The number of nitrogens with zero attached hydrogens (tertiary/aromatic N) is 1. The van der Waals surface area contributed by atoms with E-state index < -0.39 is 10.0 Å². The Hall–Kier alpha value is -2.96. The average Bonchev–Trinajstić information content (AvgIpc) is 3.15. The molecule has 5 nitrogen and oxygen atoms in total. The van der Waals surface area contributed by atoms with Crippen molar-refractivity contribution >= 4 is 21.6 Å². The van der Waals surface area contributed by atoms with E-state index >= 15 is 0 Å². The first-order valence-electron chi connectivity index (χ1n) is 9.93. The molecule has 1 heterocycles. The Labute approximate surface area is 177 Å². The number of nitrogens with one attached hydrogen (secondary N) is 1. The highest BCUT2D eigenvalue weighted by atomic mass is 32.2. The number of sulfonamides is 1. The minimum atomic E-state index is -3.43. The van der Waals surface area contributed by atoms with Crippen molar-refractivity contribution in [3.63, 3.8) is 0 Å². The lowest BCUT2D eigenvalue weighted by molar-refractivity contribution is 0.0989. The van der Waals surface area contributed by atoms with Gasteiger partial charge in [0.2, 0.25) is 10.0 Å². The van der Waals surface area contributed by atoms with Crippen LogP contribution in [0.2, 0.25) is 0 Å². The molecule has 0 spiro atoms. The Kier molecular flexibility index (Phi) is 5.70. The highest BCUT2D eigenvalue weighted by Gasteiger charge is 2.26. The minimum absolute atomic E-state index is 0.00577. The van der Waals surface area contributed by atoms with Gasteiger partial charge in [0.15, 0.2) is 0 Å². The summed E-state index contributed by atoms with van der Waals surface area (Å²) in [6.07, 6.45) is 0.761. The summed E-state index contributed by atoms with van der Waals surface area (Å²) in [6.45, 7) is 2.83. The lowest BCUT2D eigenvalue weighted by Gasteiger charge is -2.18. The predicted molar refractivity (Wildman–Crippen MR) is 119 cm³/mol. The van der Waals surface area contributed by atoms with E-state index in [4.69, 9.17) is 0 Å². The van der Waals surface area contributed by atoms with Crippen molar-refractivity contribution in [2.45, 2.75) is 25.6 Å². The molecule has 3 aromatic rings. The zero-order valence-corrected chi connectivity index (χ0v) is 17.7.